The highest BCUT2D eigenvalue weighted by atomic mass is 16.4. The molecule has 0 aliphatic carbocycles. The van der Waals surface area contributed by atoms with Crippen molar-refractivity contribution in [3.05, 3.63) is 58.4 Å². The van der Waals surface area contributed by atoms with Gasteiger partial charge < -0.3 is 4.42 Å². The van der Waals surface area contributed by atoms with Gasteiger partial charge in [-0.1, -0.05) is 43.3 Å². The minimum Gasteiger partial charge on any atom is -0.422 e. The second-order valence-corrected chi connectivity index (χ2v) is 4.43. The van der Waals surface area contributed by atoms with Gasteiger partial charge in [-0.05, 0) is 11.5 Å². The Labute approximate surface area is 109 Å². The van der Waals surface area contributed by atoms with Crippen molar-refractivity contribution in [1.82, 2.24) is 0 Å². The van der Waals surface area contributed by atoms with Crippen LogP contribution in [0.15, 0.2) is 51.7 Å². The van der Waals surface area contributed by atoms with Crippen LogP contribution in [0.1, 0.15) is 23.7 Å². The third-order valence-electron chi connectivity index (χ3n) is 3.25. The van der Waals surface area contributed by atoms with Crippen molar-refractivity contribution in [2.75, 3.05) is 0 Å². The van der Waals surface area contributed by atoms with E-state index in [0.717, 1.165) is 16.2 Å². The van der Waals surface area contributed by atoms with E-state index in [9.17, 15) is 9.59 Å². The molecule has 19 heavy (non-hydrogen) atoms. The van der Waals surface area contributed by atoms with Crippen molar-refractivity contribution < 1.29 is 9.21 Å². The Morgan fingerprint density at radius 2 is 1.84 bits per heavy atom. The molecule has 1 aromatic heterocycles. The van der Waals surface area contributed by atoms with Crippen LogP contribution in [0, 0.1) is 0 Å². The predicted molar refractivity (Wildman–Crippen MR) is 74.6 cm³/mol. The smallest absolute Gasteiger partial charge is 0.347 e. The largest absolute Gasteiger partial charge is 0.422 e. The predicted octanol–water partition coefficient (Wildman–Crippen LogP) is 3.54. The Hall–Kier alpha value is -2.42. The first-order valence-electron chi connectivity index (χ1n) is 6.19. The molecule has 2 aromatic carbocycles. The van der Waals surface area contributed by atoms with Crippen LogP contribution in [0.3, 0.4) is 0 Å². The van der Waals surface area contributed by atoms with E-state index in [1.807, 2.05) is 36.4 Å². The van der Waals surface area contributed by atoms with Crippen LogP contribution in [0.2, 0.25) is 0 Å². The number of carbonyl (C=O) groups is 1. The first-order chi connectivity index (χ1) is 9.20. The average molecular weight is 252 g/mol. The van der Waals surface area contributed by atoms with Crippen LogP contribution < -0.4 is 5.63 Å². The molecule has 3 rings (SSSR count). The molecule has 3 nitrogen and oxygen atoms in total. The summed E-state index contributed by atoms with van der Waals surface area (Å²) in [5, 5.41) is 2.66. The Morgan fingerprint density at radius 3 is 2.63 bits per heavy atom. The quantitative estimate of drug-likeness (QED) is 0.398. The summed E-state index contributed by atoms with van der Waals surface area (Å²) in [4.78, 5) is 23.6. The third-order valence-corrected chi connectivity index (χ3v) is 3.25. The van der Waals surface area contributed by atoms with Gasteiger partial charge >= 0.3 is 5.63 Å². The summed E-state index contributed by atoms with van der Waals surface area (Å²) in [7, 11) is 0. The number of Topliss-reactive ketones (excluding diaryl/α,β-unsaturated/α-hetero) is 1. The van der Waals surface area contributed by atoms with Crippen LogP contribution in [-0.4, -0.2) is 5.78 Å². The van der Waals surface area contributed by atoms with Gasteiger partial charge in [0.2, 0.25) is 0 Å². The summed E-state index contributed by atoms with van der Waals surface area (Å²) in [6, 6.07) is 13.1. The molecule has 0 unspecified atom stereocenters. The third kappa shape index (κ3) is 1.83. The van der Waals surface area contributed by atoms with Crippen molar-refractivity contribution in [1.29, 1.82) is 0 Å². The normalized spacial score (nSPS) is 11.0. The van der Waals surface area contributed by atoms with Crippen LogP contribution in [0.25, 0.3) is 21.7 Å². The minimum absolute atomic E-state index is 0.130. The van der Waals surface area contributed by atoms with Crippen LogP contribution >= 0.6 is 0 Å². The fraction of sp³-hybridized carbons (Fsp3) is 0.125. The maximum Gasteiger partial charge on any atom is 0.347 e. The van der Waals surface area contributed by atoms with Gasteiger partial charge in [0.15, 0.2) is 5.78 Å². The SMILES string of the molecule is CCC(=O)c1cc2ccc3ccccc3c2oc1=O. The molecule has 0 saturated heterocycles. The van der Waals surface area contributed by atoms with E-state index in [1.54, 1.807) is 13.0 Å². The van der Waals surface area contributed by atoms with Crippen LogP contribution in [0.4, 0.5) is 0 Å². The molecule has 0 aliphatic rings. The summed E-state index contributed by atoms with van der Waals surface area (Å²) < 4.78 is 5.35. The van der Waals surface area contributed by atoms with Crippen molar-refractivity contribution in [3.63, 3.8) is 0 Å². The number of ketones is 1. The van der Waals surface area contributed by atoms with Gasteiger partial charge in [-0.15, -0.1) is 0 Å². The van der Waals surface area contributed by atoms with Gasteiger partial charge in [-0.3, -0.25) is 4.79 Å². The van der Waals surface area contributed by atoms with Gasteiger partial charge in [0.05, 0.1) is 0 Å². The molecule has 0 radical (unpaired) electrons. The summed E-state index contributed by atoms with van der Waals surface area (Å²) >= 11 is 0. The highest BCUT2D eigenvalue weighted by Crippen LogP contribution is 2.24. The molecule has 0 saturated carbocycles. The zero-order valence-electron chi connectivity index (χ0n) is 10.5. The Bertz CT molecular complexity index is 843. The van der Waals surface area contributed by atoms with Crippen LogP contribution in [0.5, 0.6) is 0 Å². The van der Waals surface area contributed by atoms with Crippen molar-refractivity contribution in [2.45, 2.75) is 13.3 Å². The number of rotatable bonds is 2. The monoisotopic (exact) mass is 252 g/mol. The lowest BCUT2D eigenvalue weighted by atomic mass is 10.0. The van der Waals surface area contributed by atoms with Gasteiger partial charge in [0.25, 0.3) is 0 Å². The highest BCUT2D eigenvalue weighted by Gasteiger charge is 2.12. The van der Waals surface area contributed by atoms with E-state index >= 15 is 0 Å². The van der Waals surface area contributed by atoms with E-state index in [-0.39, 0.29) is 11.3 Å². The van der Waals surface area contributed by atoms with Crippen LogP contribution in [-0.2, 0) is 0 Å². The molecule has 0 spiro atoms. The average Bonchev–Trinajstić information content (AvgIpc) is 2.45. The van der Waals surface area contributed by atoms with Crippen molar-refractivity contribution in [2.24, 2.45) is 0 Å². The van der Waals surface area contributed by atoms with E-state index in [0.29, 0.717) is 12.0 Å². The van der Waals surface area contributed by atoms with Crippen molar-refractivity contribution >= 4 is 27.5 Å². The Kier molecular flexibility index (Phi) is 2.67. The topological polar surface area (TPSA) is 47.3 Å². The molecule has 3 heteroatoms. The zero-order chi connectivity index (χ0) is 13.4. The molecular weight excluding hydrogens is 240 g/mol. The summed E-state index contributed by atoms with van der Waals surface area (Å²) in [5.41, 5.74) is 0.108. The zero-order valence-corrected chi connectivity index (χ0v) is 10.5. The number of carbonyl (C=O) groups excluding carboxylic acids is 1. The number of hydrogen-bond acceptors (Lipinski definition) is 3. The molecule has 0 aliphatic heterocycles. The maximum atomic E-state index is 11.9. The number of benzene rings is 2. The lowest BCUT2D eigenvalue weighted by Crippen LogP contribution is -2.12. The highest BCUT2D eigenvalue weighted by molar-refractivity contribution is 6.06. The van der Waals surface area contributed by atoms with Gasteiger partial charge in [0.1, 0.15) is 11.1 Å². The maximum absolute atomic E-state index is 11.9. The van der Waals surface area contributed by atoms with E-state index in [4.69, 9.17) is 4.42 Å². The summed E-state index contributed by atoms with van der Waals surface area (Å²) in [5.74, 6) is -0.191. The Balaban J connectivity index is 2.41. The molecule has 0 fully saturated rings. The molecule has 94 valence electrons. The fourth-order valence-corrected chi connectivity index (χ4v) is 2.23. The summed E-state index contributed by atoms with van der Waals surface area (Å²) in [6.45, 7) is 1.73. The fourth-order valence-electron chi connectivity index (χ4n) is 2.23. The Morgan fingerprint density at radius 1 is 1.11 bits per heavy atom. The first kappa shape index (κ1) is 11.7. The molecule has 1 heterocycles. The second-order valence-electron chi connectivity index (χ2n) is 4.43. The van der Waals surface area contributed by atoms with E-state index in [1.165, 1.54) is 0 Å². The van der Waals surface area contributed by atoms with E-state index in [2.05, 4.69) is 0 Å². The lowest BCUT2D eigenvalue weighted by Gasteiger charge is -2.03. The molecule has 0 amide bonds. The first-order valence-corrected chi connectivity index (χ1v) is 6.19. The van der Waals surface area contributed by atoms with Crippen molar-refractivity contribution in [3.8, 4) is 0 Å². The van der Waals surface area contributed by atoms with Gasteiger partial charge in [-0.25, -0.2) is 4.79 Å². The molecule has 0 atom stereocenters. The van der Waals surface area contributed by atoms with E-state index < -0.39 is 5.63 Å². The number of hydrogen-bond donors (Lipinski definition) is 0. The molecule has 0 bridgehead atoms. The molecule has 0 N–H and O–H groups in total. The van der Waals surface area contributed by atoms with Gasteiger partial charge in [-0.2, -0.15) is 0 Å². The summed E-state index contributed by atoms with van der Waals surface area (Å²) in [6.07, 6.45) is 0.295. The standard InChI is InChI=1S/C16H12O3/c1-2-14(17)13-9-11-8-7-10-5-3-4-6-12(10)15(11)19-16(13)18/h3-9H,2H2,1H3. The minimum atomic E-state index is -0.560. The number of fused-ring (bicyclic) bond motifs is 3. The second kappa shape index (κ2) is 4.35. The molecule has 3 aromatic rings. The van der Waals surface area contributed by atoms with Gasteiger partial charge in [0, 0.05) is 17.2 Å². The lowest BCUT2D eigenvalue weighted by molar-refractivity contribution is 0.0985. The molecular formula is C16H12O3.